The van der Waals surface area contributed by atoms with E-state index in [9.17, 15) is 18.8 Å². The molecule has 1 aromatic heterocycles. The highest BCUT2D eigenvalue weighted by atomic mass is 19.1. The number of benzene rings is 2. The highest BCUT2D eigenvalue weighted by Crippen LogP contribution is 2.08. The number of aromatic nitrogens is 3. The predicted octanol–water partition coefficient (Wildman–Crippen LogP) is 2.42. The quantitative estimate of drug-likeness (QED) is 0.676. The van der Waals surface area contributed by atoms with E-state index in [-0.39, 0.29) is 18.3 Å². The fraction of sp³-hybridized carbons (Fsp3) is 0.273. The lowest BCUT2D eigenvalue weighted by atomic mass is 10.1. The molecule has 0 aliphatic heterocycles. The van der Waals surface area contributed by atoms with Gasteiger partial charge in [0, 0.05) is 6.04 Å². The number of rotatable bonds is 6. The molecule has 3 rings (SSSR count). The number of hydrogen-bond acceptors (Lipinski definition) is 4. The molecule has 1 amide bonds. The first-order valence-corrected chi connectivity index (χ1v) is 9.66. The molecule has 2 aromatic carbocycles. The van der Waals surface area contributed by atoms with Crippen LogP contribution >= 0.6 is 0 Å². The molecule has 0 fully saturated rings. The van der Waals surface area contributed by atoms with E-state index >= 15 is 0 Å². The van der Waals surface area contributed by atoms with Crippen LogP contribution in [0.15, 0.2) is 58.1 Å². The fourth-order valence-corrected chi connectivity index (χ4v) is 2.96. The van der Waals surface area contributed by atoms with E-state index < -0.39 is 28.7 Å². The topological polar surface area (TPSA) is 86.0 Å². The molecular weight excluding hydrogens is 387 g/mol. The Balaban J connectivity index is 2.20. The summed E-state index contributed by atoms with van der Waals surface area (Å²) in [5.74, 6) is -1.25. The van der Waals surface area contributed by atoms with Crippen LogP contribution in [0.2, 0.25) is 0 Å². The van der Waals surface area contributed by atoms with E-state index in [0.717, 1.165) is 26.4 Å². The molecule has 7 nitrogen and oxygen atoms in total. The van der Waals surface area contributed by atoms with Crippen molar-refractivity contribution < 1.29 is 9.18 Å². The van der Waals surface area contributed by atoms with Gasteiger partial charge in [-0.15, -0.1) is 0 Å². The smallest absolute Gasteiger partial charge is 0.348 e. The molecule has 0 bridgehead atoms. The summed E-state index contributed by atoms with van der Waals surface area (Å²) in [6, 6.07) is 12.4. The number of hydrogen-bond donors (Lipinski definition) is 1. The minimum Gasteiger partial charge on any atom is -0.348 e. The van der Waals surface area contributed by atoms with Crippen molar-refractivity contribution in [3.05, 3.63) is 92.0 Å². The standard InChI is InChI=1S/C22H23FN4O3/c1-4-15(3)24-20(28)19-21(29)26(13-16-8-5-7-14(2)11-16)22(30)27(25-19)18-10-6-9-17(23)12-18/h5-12,15H,4,13H2,1-3H3,(H,24,28). The molecule has 0 aliphatic carbocycles. The van der Waals surface area contributed by atoms with Gasteiger partial charge in [-0.2, -0.15) is 9.78 Å². The normalized spacial score (nSPS) is 11.9. The van der Waals surface area contributed by atoms with Gasteiger partial charge in [0.05, 0.1) is 12.2 Å². The van der Waals surface area contributed by atoms with Gasteiger partial charge in [-0.3, -0.25) is 14.2 Å². The Morgan fingerprint density at radius 3 is 2.57 bits per heavy atom. The lowest BCUT2D eigenvalue weighted by Crippen LogP contribution is -2.47. The van der Waals surface area contributed by atoms with Crippen LogP contribution in [0.25, 0.3) is 5.69 Å². The lowest BCUT2D eigenvalue weighted by molar-refractivity contribution is 0.0929. The average Bonchev–Trinajstić information content (AvgIpc) is 2.71. The third kappa shape index (κ3) is 4.53. The van der Waals surface area contributed by atoms with Crippen LogP contribution in [-0.2, 0) is 6.54 Å². The Hall–Kier alpha value is -3.55. The van der Waals surface area contributed by atoms with Gasteiger partial charge >= 0.3 is 5.69 Å². The zero-order valence-electron chi connectivity index (χ0n) is 17.1. The van der Waals surface area contributed by atoms with Crippen LogP contribution in [-0.4, -0.2) is 26.3 Å². The van der Waals surface area contributed by atoms with Crippen LogP contribution in [0.5, 0.6) is 0 Å². The number of nitrogens with zero attached hydrogens (tertiary/aromatic N) is 3. The molecule has 1 atom stereocenters. The molecule has 1 N–H and O–H groups in total. The Labute approximate surface area is 172 Å². The molecular formula is C22H23FN4O3. The maximum absolute atomic E-state index is 13.7. The molecule has 0 saturated heterocycles. The van der Waals surface area contributed by atoms with Crippen molar-refractivity contribution in [1.29, 1.82) is 0 Å². The molecule has 0 radical (unpaired) electrons. The molecule has 156 valence electrons. The number of nitrogens with one attached hydrogen (secondary N) is 1. The molecule has 0 spiro atoms. The Kier molecular flexibility index (Phi) is 6.25. The Morgan fingerprint density at radius 1 is 1.17 bits per heavy atom. The van der Waals surface area contributed by atoms with E-state index in [2.05, 4.69) is 10.4 Å². The minimum absolute atomic E-state index is 0.0409. The summed E-state index contributed by atoms with van der Waals surface area (Å²) in [7, 11) is 0. The summed E-state index contributed by atoms with van der Waals surface area (Å²) in [5, 5.41) is 6.67. The van der Waals surface area contributed by atoms with Crippen LogP contribution in [0.1, 0.15) is 41.9 Å². The largest absolute Gasteiger partial charge is 0.352 e. The van der Waals surface area contributed by atoms with Crippen molar-refractivity contribution in [2.75, 3.05) is 0 Å². The third-order valence-corrected chi connectivity index (χ3v) is 4.74. The first-order valence-electron chi connectivity index (χ1n) is 9.66. The highest BCUT2D eigenvalue weighted by Gasteiger charge is 2.21. The van der Waals surface area contributed by atoms with Crippen molar-refractivity contribution in [2.45, 2.75) is 39.8 Å². The van der Waals surface area contributed by atoms with Crippen LogP contribution in [0, 0.1) is 12.7 Å². The van der Waals surface area contributed by atoms with E-state index in [0.29, 0.717) is 6.42 Å². The monoisotopic (exact) mass is 410 g/mol. The number of carbonyl (C=O) groups excluding carboxylic acids is 1. The molecule has 30 heavy (non-hydrogen) atoms. The van der Waals surface area contributed by atoms with E-state index in [1.54, 1.807) is 13.0 Å². The van der Waals surface area contributed by atoms with Gasteiger partial charge in [-0.25, -0.2) is 9.18 Å². The SMILES string of the molecule is CCC(C)NC(=O)c1nn(-c2cccc(F)c2)c(=O)n(Cc2cccc(C)c2)c1=O. The van der Waals surface area contributed by atoms with Crippen molar-refractivity contribution in [3.63, 3.8) is 0 Å². The van der Waals surface area contributed by atoms with E-state index in [1.807, 2.05) is 32.0 Å². The molecule has 1 heterocycles. The van der Waals surface area contributed by atoms with Crippen LogP contribution < -0.4 is 16.6 Å². The van der Waals surface area contributed by atoms with Crippen molar-refractivity contribution in [2.24, 2.45) is 0 Å². The second-order valence-corrected chi connectivity index (χ2v) is 7.19. The summed E-state index contributed by atoms with van der Waals surface area (Å²) in [6.45, 7) is 5.55. The van der Waals surface area contributed by atoms with Gasteiger partial charge in [-0.1, -0.05) is 42.8 Å². The van der Waals surface area contributed by atoms with E-state index in [4.69, 9.17) is 0 Å². The first-order chi connectivity index (χ1) is 14.3. The van der Waals surface area contributed by atoms with Gasteiger partial charge < -0.3 is 5.32 Å². The van der Waals surface area contributed by atoms with Crippen LogP contribution in [0.4, 0.5) is 4.39 Å². The van der Waals surface area contributed by atoms with Gasteiger partial charge in [0.2, 0.25) is 5.69 Å². The first kappa shape index (κ1) is 21.2. The zero-order valence-corrected chi connectivity index (χ0v) is 17.1. The van der Waals surface area contributed by atoms with Gasteiger partial charge in [0.1, 0.15) is 5.82 Å². The maximum atomic E-state index is 13.7. The summed E-state index contributed by atoms with van der Waals surface area (Å²) in [4.78, 5) is 38.7. The summed E-state index contributed by atoms with van der Waals surface area (Å²) >= 11 is 0. The van der Waals surface area contributed by atoms with Gasteiger partial charge in [0.25, 0.3) is 11.5 Å². The summed E-state index contributed by atoms with van der Waals surface area (Å²) in [6.07, 6.45) is 0.659. The highest BCUT2D eigenvalue weighted by molar-refractivity contribution is 5.91. The average molecular weight is 410 g/mol. The predicted molar refractivity (Wildman–Crippen MR) is 112 cm³/mol. The van der Waals surface area contributed by atoms with Gasteiger partial charge in [-0.05, 0) is 44.0 Å². The molecule has 3 aromatic rings. The number of carbonyl (C=O) groups is 1. The second kappa shape index (κ2) is 8.86. The summed E-state index contributed by atoms with van der Waals surface area (Å²) in [5.41, 5.74) is -0.168. The lowest BCUT2D eigenvalue weighted by Gasteiger charge is -2.14. The molecule has 0 aliphatic rings. The Bertz CT molecular complexity index is 1200. The fourth-order valence-electron chi connectivity index (χ4n) is 2.96. The number of amides is 1. The van der Waals surface area contributed by atoms with E-state index in [1.165, 1.54) is 18.2 Å². The number of halogens is 1. The maximum Gasteiger partial charge on any atom is 0.352 e. The van der Waals surface area contributed by atoms with Crippen molar-refractivity contribution >= 4 is 5.91 Å². The van der Waals surface area contributed by atoms with Crippen molar-refractivity contribution in [3.8, 4) is 5.69 Å². The van der Waals surface area contributed by atoms with Gasteiger partial charge in [0.15, 0.2) is 0 Å². The minimum atomic E-state index is -0.796. The second-order valence-electron chi connectivity index (χ2n) is 7.19. The molecule has 0 saturated carbocycles. The molecule has 1 unspecified atom stereocenters. The Morgan fingerprint density at radius 2 is 1.90 bits per heavy atom. The zero-order chi connectivity index (χ0) is 21.8. The van der Waals surface area contributed by atoms with Crippen LogP contribution in [0.3, 0.4) is 0 Å². The van der Waals surface area contributed by atoms with Crippen molar-refractivity contribution in [1.82, 2.24) is 19.7 Å². The number of aryl methyl sites for hydroxylation is 1. The molecule has 8 heteroatoms. The summed E-state index contributed by atoms with van der Waals surface area (Å²) < 4.78 is 15.6. The third-order valence-electron chi connectivity index (χ3n) is 4.74.